The van der Waals surface area contributed by atoms with Crippen LogP contribution in [0.15, 0.2) is 41.1 Å². The van der Waals surface area contributed by atoms with E-state index in [4.69, 9.17) is 4.52 Å². The predicted molar refractivity (Wildman–Crippen MR) is 102 cm³/mol. The summed E-state index contributed by atoms with van der Waals surface area (Å²) in [5.41, 5.74) is 1.90. The minimum absolute atomic E-state index is 0.0696. The second kappa shape index (κ2) is 8.99. The van der Waals surface area contributed by atoms with Gasteiger partial charge in [-0.3, -0.25) is 4.79 Å². The number of amides is 1. The van der Waals surface area contributed by atoms with Gasteiger partial charge in [-0.15, -0.1) is 0 Å². The predicted octanol–water partition coefficient (Wildman–Crippen LogP) is 3.41. The van der Waals surface area contributed by atoms with Crippen LogP contribution in [0.3, 0.4) is 0 Å². The molecule has 2 aromatic rings. The molecule has 0 spiro atoms. The van der Waals surface area contributed by atoms with Crippen molar-refractivity contribution in [1.29, 1.82) is 0 Å². The third-order valence-electron chi connectivity index (χ3n) is 5.23. The first-order chi connectivity index (χ1) is 12.7. The summed E-state index contributed by atoms with van der Waals surface area (Å²) >= 11 is 0. The third kappa shape index (κ3) is 4.52. The van der Waals surface area contributed by atoms with Gasteiger partial charge in [0.05, 0.1) is 6.20 Å². The number of likely N-dealkylation sites (tertiary alicyclic amines) is 1. The van der Waals surface area contributed by atoms with Crippen molar-refractivity contribution in [2.45, 2.75) is 45.1 Å². The molecule has 1 aliphatic heterocycles. The maximum atomic E-state index is 13.3. The van der Waals surface area contributed by atoms with Crippen LogP contribution < -0.4 is 0 Å². The van der Waals surface area contributed by atoms with Gasteiger partial charge >= 0.3 is 0 Å². The van der Waals surface area contributed by atoms with Crippen LogP contribution in [0, 0.1) is 0 Å². The van der Waals surface area contributed by atoms with Crippen molar-refractivity contribution in [3.05, 3.63) is 53.4 Å². The van der Waals surface area contributed by atoms with Crippen molar-refractivity contribution >= 4 is 5.91 Å². The summed E-state index contributed by atoms with van der Waals surface area (Å²) in [6.45, 7) is 4.88. The lowest BCUT2D eigenvalue weighted by Crippen LogP contribution is -2.47. The van der Waals surface area contributed by atoms with Gasteiger partial charge < -0.3 is 14.3 Å². The van der Waals surface area contributed by atoms with Crippen LogP contribution in [-0.4, -0.2) is 53.6 Å². The maximum Gasteiger partial charge on any atom is 0.259 e. The number of hydrogen-bond donors (Lipinski definition) is 0. The van der Waals surface area contributed by atoms with Gasteiger partial charge in [0.2, 0.25) is 0 Å². The smallest absolute Gasteiger partial charge is 0.259 e. The number of carbonyl (C=O) groups is 1. The normalized spacial score (nSPS) is 15.9. The lowest BCUT2D eigenvalue weighted by Gasteiger charge is -2.37. The molecule has 0 aliphatic carbocycles. The summed E-state index contributed by atoms with van der Waals surface area (Å²) < 4.78 is 5.34. The Hall–Kier alpha value is -2.14. The average Bonchev–Trinajstić information content (AvgIpc) is 3.12. The summed E-state index contributed by atoms with van der Waals surface area (Å²) in [4.78, 5) is 17.7. The lowest BCUT2D eigenvalue weighted by molar-refractivity contribution is 0.0592. The number of nitrogens with zero attached hydrogens (tertiary/aromatic N) is 3. The van der Waals surface area contributed by atoms with Gasteiger partial charge in [0, 0.05) is 19.0 Å². The van der Waals surface area contributed by atoms with Crippen molar-refractivity contribution in [1.82, 2.24) is 15.0 Å². The molecule has 0 N–H and O–H groups in total. The van der Waals surface area contributed by atoms with E-state index in [-0.39, 0.29) is 11.9 Å². The highest BCUT2D eigenvalue weighted by molar-refractivity contribution is 5.95. The van der Waals surface area contributed by atoms with E-state index < -0.39 is 0 Å². The first-order valence-electron chi connectivity index (χ1n) is 9.66. The topological polar surface area (TPSA) is 49.6 Å². The number of aromatic nitrogens is 1. The van der Waals surface area contributed by atoms with Gasteiger partial charge in [-0.25, -0.2) is 0 Å². The molecule has 3 rings (SSSR count). The minimum atomic E-state index is 0.0696. The minimum Gasteiger partial charge on any atom is -0.361 e. The van der Waals surface area contributed by atoms with Gasteiger partial charge in [0.15, 0.2) is 0 Å². The van der Waals surface area contributed by atoms with Gasteiger partial charge in [0.1, 0.15) is 11.3 Å². The zero-order chi connectivity index (χ0) is 18.4. The second-order valence-corrected chi connectivity index (χ2v) is 7.18. The molecule has 1 aromatic carbocycles. The highest BCUT2D eigenvalue weighted by atomic mass is 16.5. The van der Waals surface area contributed by atoms with Crippen LogP contribution in [0.4, 0.5) is 0 Å². The Labute approximate surface area is 156 Å². The molecule has 0 radical (unpaired) electrons. The highest BCUT2D eigenvalue weighted by Gasteiger charge is 2.29. The SMILES string of the molecule is CCCc1oncc1C(=O)N(CCc1ccccc1)C1CCN(C)CC1. The number of rotatable bonds is 7. The van der Waals surface area contributed by atoms with E-state index in [9.17, 15) is 4.79 Å². The van der Waals surface area contributed by atoms with E-state index in [1.54, 1.807) is 6.20 Å². The summed E-state index contributed by atoms with van der Waals surface area (Å²) in [6.07, 6.45) is 6.19. The van der Waals surface area contributed by atoms with E-state index in [0.29, 0.717) is 5.56 Å². The van der Waals surface area contributed by atoms with Crippen molar-refractivity contribution in [2.75, 3.05) is 26.7 Å². The van der Waals surface area contributed by atoms with Gasteiger partial charge in [-0.05, 0) is 51.4 Å². The van der Waals surface area contributed by atoms with Crippen molar-refractivity contribution in [2.24, 2.45) is 0 Å². The summed E-state index contributed by atoms with van der Waals surface area (Å²) in [6, 6.07) is 10.7. The second-order valence-electron chi connectivity index (χ2n) is 7.18. The van der Waals surface area contributed by atoms with Gasteiger partial charge in [-0.1, -0.05) is 42.4 Å². The van der Waals surface area contributed by atoms with E-state index in [1.807, 2.05) is 6.07 Å². The van der Waals surface area contributed by atoms with Crippen molar-refractivity contribution in [3.8, 4) is 0 Å². The van der Waals surface area contributed by atoms with Crippen LogP contribution in [-0.2, 0) is 12.8 Å². The molecule has 5 nitrogen and oxygen atoms in total. The fourth-order valence-electron chi connectivity index (χ4n) is 3.65. The summed E-state index contributed by atoms with van der Waals surface area (Å²) in [5.74, 6) is 0.787. The largest absolute Gasteiger partial charge is 0.361 e. The lowest BCUT2D eigenvalue weighted by atomic mass is 10.0. The van der Waals surface area contributed by atoms with Crippen LogP contribution in [0.1, 0.15) is 47.9 Å². The Morgan fingerprint density at radius 1 is 1.23 bits per heavy atom. The molecule has 5 heteroatoms. The molecule has 1 saturated heterocycles. The Balaban J connectivity index is 1.77. The highest BCUT2D eigenvalue weighted by Crippen LogP contribution is 2.21. The van der Waals surface area contributed by atoms with Gasteiger partial charge in [-0.2, -0.15) is 0 Å². The zero-order valence-corrected chi connectivity index (χ0v) is 15.9. The molecule has 1 fully saturated rings. The molecule has 1 amide bonds. The molecule has 0 bridgehead atoms. The third-order valence-corrected chi connectivity index (χ3v) is 5.23. The van der Waals surface area contributed by atoms with E-state index >= 15 is 0 Å². The molecule has 140 valence electrons. The van der Waals surface area contributed by atoms with Crippen molar-refractivity contribution in [3.63, 3.8) is 0 Å². The Bertz CT molecular complexity index is 690. The van der Waals surface area contributed by atoms with E-state index in [0.717, 1.165) is 57.5 Å². The molecule has 0 unspecified atom stereocenters. The van der Waals surface area contributed by atoms with E-state index in [1.165, 1.54) is 5.56 Å². The molecular formula is C21H29N3O2. The Morgan fingerprint density at radius 2 is 1.96 bits per heavy atom. The first kappa shape index (κ1) is 18.6. The Morgan fingerprint density at radius 3 is 2.65 bits per heavy atom. The first-order valence-corrected chi connectivity index (χ1v) is 9.66. The van der Waals surface area contributed by atoms with Gasteiger partial charge in [0.25, 0.3) is 5.91 Å². The number of benzene rings is 1. The average molecular weight is 355 g/mol. The van der Waals surface area contributed by atoms with Crippen LogP contribution in [0.25, 0.3) is 0 Å². The number of carbonyl (C=O) groups excluding carboxylic acids is 1. The quantitative estimate of drug-likeness (QED) is 0.764. The van der Waals surface area contributed by atoms with Crippen molar-refractivity contribution < 1.29 is 9.32 Å². The number of hydrogen-bond acceptors (Lipinski definition) is 4. The number of aryl methyl sites for hydroxylation is 1. The molecule has 0 atom stereocenters. The summed E-state index contributed by atoms with van der Waals surface area (Å²) in [7, 11) is 2.14. The zero-order valence-electron chi connectivity index (χ0n) is 15.9. The monoisotopic (exact) mass is 355 g/mol. The molecule has 2 heterocycles. The summed E-state index contributed by atoms with van der Waals surface area (Å²) in [5, 5.41) is 3.89. The standard InChI is InChI=1S/C21H29N3O2/c1-3-7-20-19(16-22-26-20)21(25)24(18-11-13-23(2)14-12-18)15-10-17-8-5-4-6-9-17/h4-6,8-9,16,18H,3,7,10-15H2,1-2H3. The van der Waals surface area contributed by atoms with Crippen LogP contribution >= 0.6 is 0 Å². The molecule has 26 heavy (non-hydrogen) atoms. The Kier molecular flexibility index (Phi) is 6.45. The molecule has 1 aromatic heterocycles. The van der Waals surface area contributed by atoms with E-state index in [2.05, 4.69) is 53.2 Å². The fourth-order valence-corrected chi connectivity index (χ4v) is 3.65. The molecule has 1 aliphatic rings. The van der Waals surface area contributed by atoms with Crippen LogP contribution in [0.2, 0.25) is 0 Å². The van der Waals surface area contributed by atoms with Crippen LogP contribution in [0.5, 0.6) is 0 Å². The fraction of sp³-hybridized carbons (Fsp3) is 0.524. The maximum absolute atomic E-state index is 13.3. The number of piperidine rings is 1. The molecular weight excluding hydrogens is 326 g/mol. The molecule has 0 saturated carbocycles.